The fraction of sp³-hybridized carbons (Fsp3) is 0.396. The quantitative estimate of drug-likeness (QED) is 0.0687. The summed E-state index contributed by atoms with van der Waals surface area (Å²) in [6, 6.07) is 0.931. The topological polar surface area (TPSA) is 499 Å². The molecule has 0 aliphatic carbocycles. The Morgan fingerprint density at radius 3 is 0.514 bits per heavy atom. The zero-order chi connectivity index (χ0) is 112. The standard InChI is InChI=1S/C17H9B2F8N2.C8H3BF6.2C7H3BF4.22C2H4N.8CH4.3Mn.Ni/c1-6-10(20)14(24)8(15(25)11(6)21)18-28-3-4-29(5-28)19-9-16(26)12(22)7(2)13(23)17(9)27;9-6-2-4(7(10,11)12)1-5(3-6)8(13,14)15;2*1-2-4(9)6(11)3(8)7(12)5(2)10;22*1-2-3;;;;;;;;;;;;/h3-5H,1-2H3;1-3H;2*1H3;22*2H,1H3;8*1H4;;;;/q+1;;;;22*-1;;;;;;;;;;;;. The molecule has 6 aromatic rings. The van der Waals surface area contributed by atoms with E-state index in [1.807, 2.05) is 0 Å². The van der Waals surface area contributed by atoms with Crippen molar-refractivity contribution in [2.45, 2.75) is 252 Å². The van der Waals surface area contributed by atoms with Crippen LogP contribution in [0.4, 0.5) is 96.6 Å². The summed E-state index contributed by atoms with van der Waals surface area (Å²) in [4.78, 5) is 0. The van der Waals surface area contributed by atoms with Crippen molar-refractivity contribution in [3.05, 3.63) is 282 Å². The van der Waals surface area contributed by atoms with Crippen LogP contribution in [0.1, 0.15) is 245 Å². The molecule has 146 heavy (non-hydrogen) atoms. The van der Waals surface area contributed by atoms with E-state index in [9.17, 15) is 96.6 Å². The first kappa shape index (κ1) is 228. The van der Waals surface area contributed by atoms with Crippen LogP contribution in [0, 0.1) is 121 Å². The molecule has 0 amide bonds. The van der Waals surface area contributed by atoms with Gasteiger partial charge in [0.2, 0.25) is 6.33 Å². The SMILES string of the molecule is C.C.C.C.C.C.C.C.CC=[N-].CC=[N-].CC=[N-].CC=[N-].CC=[N-].CC=[N-].CC=[N-].CC=[N-].CC=[N-].CC=[N-].CC=[N-].CC=[N-].CC=[N-].CC=[N-].CC=[N-].CC=[N-].CC=[N-].CC=[N-].CC=[N-].CC=[N-].CC=[N-].CC=[N-].Cc1c(F)c(F)c([B]n2cc[n+]([B]c3c(F)c(F)c(C)c(F)c3F)c2)c(F)c1F.[B]c1c(F)c(F)c(C)c(F)c1F.[B]c1c(F)c(F)c(C)c(F)c1F.[B]c1cc(C(F)(F)F)cc(C(F)(F)F)c1.[Mn].[Mn].[Mn].[Ni]. The molecule has 0 saturated heterocycles. The molecule has 1 aromatic heterocycles. The Bertz CT molecular complexity index is 3450. The molecule has 11 radical (unpaired) electrons. The minimum Gasteiger partial charge on any atom is -0.814 e. The third-order valence-corrected chi connectivity index (χ3v) is 8.91. The van der Waals surface area contributed by atoms with E-state index in [0.29, 0.717) is 27.0 Å². The number of rotatable bonds is 4. The molecular formula is C91H138B5F22Mn3N24Ni-21. The molecule has 5 aromatic carbocycles. The third-order valence-electron chi connectivity index (χ3n) is 8.91. The van der Waals surface area contributed by atoms with E-state index in [-0.39, 0.29) is 133 Å². The maximum Gasteiger partial charge on any atom is 0.442 e. The van der Waals surface area contributed by atoms with Crippen molar-refractivity contribution in [1.29, 1.82) is 0 Å². The van der Waals surface area contributed by atoms with Crippen LogP contribution < -0.4 is 31.8 Å². The van der Waals surface area contributed by atoms with Gasteiger partial charge in [0.1, 0.15) is 35.9 Å². The van der Waals surface area contributed by atoms with Crippen molar-refractivity contribution < 1.29 is 169 Å². The zero-order valence-corrected chi connectivity index (χ0v) is 84.6. The van der Waals surface area contributed by atoms with Crippen molar-refractivity contribution in [2.24, 2.45) is 0 Å². The van der Waals surface area contributed by atoms with Crippen LogP contribution in [0.25, 0.3) is 119 Å². The van der Waals surface area contributed by atoms with Gasteiger partial charge in [0.05, 0.1) is 11.1 Å². The van der Waals surface area contributed by atoms with Crippen LogP contribution in [-0.2, 0) is 80.1 Å². The largest absolute Gasteiger partial charge is 0.814 e. The normalized spacial score (nSPS) is 7.21. The summed E-state index contributed by atoms with van der Waals surface area (Å²) >= 11 is 0. The van der Waals surface area contributed by atoms with Crippen molar-refractivity contribution in [1.82, 2.24) is 4.48 Å². The minimum absolute atomic E-state index is 0. The molecule has 6 rings (SSSR count). The number of imidazole rings is 1. The summed E-state index contributed by atoms with van der Waals surface area (Å²) in [5, 5.41) is 164. The fourth-order valence-corrected chi connectivity index (χ4v) is 5.08. The first-order valence-electron chi connectivity index (χ1n) is 36.1. The van der Waals surface area contributed by atoms with Crippen molar-refractivity contribution in [2.75, 3.05) is 0 Å². The number of aromatic nitrogens is 2. The van der Waals surface area contributed by atoms with Gasteiger partial charge in [0.15, 0.2) is 93.1 Å². The van der Waals surface area contributed by atoms with Crippen LogP contribution in [0.3, 0.4) is 0 Å². The maximum atomic E-state index is 14.0. The maximum absolute atomic E-state index is 14.0. The number of hydrogen-bond acceptors (Lipinski definition) is 0. The summed E-state index contributed by atoms with van der Waals surface area (Å²) in [5.41, 5.74) is -10.8. The van der Waals surface area contributed by atoms with Crippen molar-refractivity contribution >= 4 is 202 Å². The molecule has 0 saturated carbocycles. The molecule has 0 aliphatic heterocycles. The Balaban J connectivity index is -0.0000000329. The average Bonchev–Trinajstić information content (AvgIpc) is 1.50. The Labute approximate surface area is 904 Å². The van der Waals surface area contributed by atoms with E-state index in [1.54, 1.807) is 152 Å². The van der Waals surface area contributed by atoms with Crippen molar-refractivity contribution in [3.8, 4) is 0 Å². The van der Waals surface area contributed by atoms with Gasteiger partial charge in [-0.2, -0.15) is 26.3 Å². The molecule has 55 heteroatoms. The van der Waals surface area contributed by atoms with Crippen LogP contribution in [0.5, 0.6) is 0 Å². The Morgan fingerprint density at radius 2 is 0.377 bits per heavy atom. The third kappa shape index (κ3) is 146. The van der Waals surface area contributed by atoms with E-state index < -0.39 is 166 Å². The van der Waals surface area contributed by atoms with Crippen LogP contribution in [0.15, 0.2) is 36.9 Å². The molecule has 0 atom stereocenters. The first-order chi connectivity index (χ1) is 62.2. The van der Waals surface area contributed by atoms with Gasteiger partial charge >= 0.3 is 27.2 Å². The van der Waals surface area contributed by atoms with Crippen LogP contribution in [-0.4, -0.2) is 180 Å². The van der Waals surface area contributed by atoms with Gasteiger partial charge in [-0.05, 0) is 44.7 Å². The van der Waals surface area contributed by atoms with Crippen molar-refractivity contribution in [3.63, 3.8) is 0 Å². The molecule has 0 fully saturated rings. The summed E-state index contributed by atoms with van der Waals surface area (Å²) in [7, 11) is 15.8. The molecular weight excluding hydrogens is 2120 g/mol. The molecule has 0 N–H and O–H groups in total. The number of halogens is 22. The van der Waals surface area contributed by atoms with Gasteiger partial charge in [-0.25, -0.2) is 207 Å². The van der Waals surface area contributed by atoms with E-state index >= 15 is 0 Å². The van der Waals surface area contributed by atoms with E-state index in [1.165, 1.54) is 0 Å². The second kappa shape index (κ2) is 170. The van der Waals surface area contributed by atoms with Gasteiger partial charge in [-0.1, -0.05) is 229 Å². The van der Waals surface area contributed by atoms with E-state index in [2.05, 4.69) is 0 Å². The smallest absolute Gasteiger partial charge is 0.442 e. The fourth-order valence-electron chi connectivity index (χ4n) is 5.08. The summed E-state index contributed by atoms with van der Waals surface area (Å²) in [6.07, 6.45) is 15.5. The number of benzene rings is 5. The number of alkyl halides is 6. The molecule has 0 spiro atoms. The zero-order valence-electron chi connectivity index (χ0n) is 80.1. The van der Waals surface area contributed by atoms with E-state index in [4.69, 9.17) is 143 Å². The van der Waals surface area contributed by atoms with Gasteiger partial charge < -0.3 is 119 Å². The van der Waals surface area contributed by atoms with Gasteiger partial charge in [-0.15, -0.1) is 0 Å². The molecule has 1 heterocycles. The minimum atomic E-state index is -4.84. The van der Waals surface area contributed by atoms with Gasteiger partial charge in [0.25, 0.3) is 0 Å². The predicted octanol–water partition coefficient (Wildman–Crippen LogP) is 26.6. The number of hydrogen-bond donors (Lipinski definition) is 0. The Kier molecular flexibility index (Phi) is 266. The molecule has 0 bridgehead atoms. The average molecular weight is 2260 g/mol. The Morgan fingerprint density at radius 1 is 0.247 bits per heavy atom. The molecule has 0 unspecified atom stereocenters. The summed E-state index contributed by atoms with van der Waals surface area (Å²) in [6.45, 7) is 37.8. The monoisotopic (exact) mass is 2260 g/mol. The Hall–Kier alpha value is -11.1. The number of nitrogens with zero attached hydrogens (tertiary/aromatic N) is 24. The van der Waals surface area contributed by atoms with E-state index in [0.717, 1.165) is 192 Å². The molecule has 843 valence electrons. The summed E-state index contributed by atoms with van der Waals surface area (Å²) in [5.74, 6) is -24.8. The van der Waals surface area contributed by atoms with Crippen LogP contribution in [0.2, 0.25) is 0 Å². The van der Waals surface area contributed by atoms with Gasteiger partial charge in [-0.3, -0.25) is 8.96 Å². The second-order valence-electron chi connectivity index (χ2n) is 19.3. The first-order valence-corrected chi connectivity index (χ1v) is 36.1. The summed E-state index contributed by atoms with van der Waals surface area (Å²) < 4.78 is 285. The van der Waals surface area contributed by atoms with Gasteiger partial charge in [0, 0.05) is 101 Å². The van der Waals surface area contributed by atoms with Crippen LogP contribution >= 0.6 is 0 Å². The second-order valence-corrected chi connectivity index (χ2v) is 19.3. The predicted molar refractivity (Wildman–Crippen MR) is 589 cm³/mol. The molecule has 0 aliphatic rings. The molecule has 24 nitrogen and oxygen atoms in total.